The Labute approximate surface area is 87.2 Å². The average Bonchev–Trinajstić information content (AvgIpc) is 2.17. The summed E-state index contributed by atoms with van der Waals surface area (Å²) in [7, 11) is 0. The normalized spacial score (nSPS) is 13.7. The zero-order chi connectivity index (χ0) is 11.8. The van der Waals surface area contributed by atoms with Gasteiger partial charge < -0.3 is 14.6 Å². The summed E-state index contributed by atoms with van der Waals surface area (Å²) in [5, 5.41) is 8.52. The fourth-order valence-corrected chi connectivity index (χ4v) is 0.697. The lowest BCUT2D eigenvalue weighted by molar-refractivity contribution is -0.153. The van der Waals surface area contributed by atoms with E-state index in [1.807, 2.05) is 0 Å². The van der Waals surface area contributed by atoms with Crippen molar-refractivity contribution >= 4 is 18.4 Å². The van der Waals surface area contributed by atoms with E-state index < -0.39 is 24.0 Å². The van der Waals surface area contributed by atoms with Crippen LogP contribution in [-0.2, 0) is 23.9 Å². The predicted octanol–water partition coefficient (Wildman–Crippen LogP) is 0.113. The summed E-state index contributed by atoms with van der Waals surface area (Å²) in [6.07, 6.45) is -0.791. The molecule has 0 rings (SSSR count). The molecule has 0 aliphatic carbocycles. The fraction of sp³-hybridized carbons (Fsp3) is 0.667. The number of carboxylic acids is 1. The molecule has 0 heterocycles. The summed E-state index contributed by atoms with van der Waals surface area (Å²) in [5.74, 6) is -2.24. The highest BCUT2D eigenvalue weighted by Crippen LogP contribution is 2.02. The molecule has 1 N–H and O–H groups in total. The first kappa shape index (κ1) is 13.4. The first-order valence-corrected chi connectivity index (χ1v) is 4.41. The summed E-state index contributed by atoms with van der Waals surface area (Å²) in [6, 6.07) is 0. The van der Waals surface area contributed by atoms with Gasteiger partial charge in [-0.15, -0.1) is 0 Å². The van der Waals surface area contributed by atoms with E-state index in [0.29, 0.717) is 0 Å². The minimum atomic E-state index is -1.01. The molecule has 1 radical (unpaired) electrons. The molecule has 0 aliphatic heterocycles. The molecular weight excluding hydrogens is 204 g/mol. The van der Waals surface area contributed by atoms with Gasteiger partial charge in [-0.2, -0.15) is 0 Å². The molecule has 0 aliphatic rings. The monoisotopic (exact) mass is 217 g/mol. The zero-order valence-electron chi connectivity index (χ0n) is 8.56. The van der Waals surface area contributed by atoms with Crippen LogP contribution in [0.4, 0.5) is 0 Å². The molecule has 15 heavy (non-hydrogen) atoms. The van der Waals surface area contributed by atoms with Gasteiger partial charge in [0.25, 0.3) is 0 Å². The number of carboxylic acid groups (broad SMARTS) is 1. The van der Waals surface area contributed by atoms with Crippen LogP contribution in [0.2, 0.25) is 0 Å². The van der Waals surface area contributed by atoms with Gasteiger partial charge in [-0.25, -0.2) is 9.59 Å². The maximum atomic E-state index is 11.0. The first-order valence-electron chi connectivity index (χ1n) is 4.41. The van der Waals surface area contributed by atoms with Gasteiger partial charge in [-0.3, -0.25) is 4.79 Å². The van der Waals surface area contributed by atoms with Crippen molar-refractivity contribution in [3.05, 3.63) is 0 Å². The number of carbonyl (C=O) groups excluding carboxylic acids is 2. The van der Waals surface area contributed by atoms with E-state index in [1.165, 1.54) is 13.8 Å². The van der Waals surface area contributed by atoms with E-state index >= 15 is 0 Å². The van der Waals surface area contributed by atoms with E-state index in [4.69, 9.17) is 5.11 Å². The van der Waals surface area contributed by atoms with Crippen molar-refractivity contribution in [1.29, 1.82) is 0 Å². The Balaban J connectivity index is 3.72. The standard InChI is InChI=1S/C9H13O6/c1-6(8(11)12)3-4-14-9(13)7(2)15-5-10/h6-7H,3-4H2,1-2H3,(H,11,12). The van der Waals surface area contributed by atoms with Crippen LogP contribution in [0.5, 0.6) is 0 Å². The van der Waals surface area contributed by atoms with E-state index in [9.17, 15) is 14.4 Å². The Morgan fingerprint density at radius 1 is 1.40 bits per heavy atom. The summed E-state index contributed by atoms with van der Waals surface area (Å²) in [5.41, 5.74) is 0. The minimum Gasteiger partial charge on any atom is -0.481 e. The molecule has 2 unspecified atom stereocenters. The van der Waals surface area contributed by atoms with Crippen LogP contribution in [0.1, 0.15) is 20.3 Å². The number of ether oxygens (including phenoxy) is 2. The average molecular weight is 217 g/mol. The Bertz CT molecular complexity index is 237. The number of rotatable bonds is 7. The van der Waals surface area contributed by atoms with Crippen molar-refractivity contribution in [2.24, 2.45) is 5.92 Å². The third-order valence-electron chi connectivity index (χ3n) is 1.77. The van der Waals surface area contributed by atoms with Crippen LogP contribution in [0.25, 0.3) is 0 Å². The zero-order valence-corrected chi connectivity index (χ0v) is 8.56. The van der Waals surface area contributed by atoms with Crippen LogP contribution in [0.3, 0.4) is 0 Å². The molecule has 0 bridgehead atoms. The van der Waals surface area contributed by atoms with E-state index in [-0.39, 0.29) is 13.0 Å². The molecular formula is C9H13O6. The van der Waals surface area contributed by atoms with Crippen LogP contribution < -0.4 is 0 Å². The van der Waals surface area contributed by atoms with E-state index in [0.717, 1.165) is 6.47 Å². The lowest BCUT2D eigenvalue weighted by Crippen LogP contribution is -2.24. The largest absolute Gasteiger partial charge is 0.481 e. The highest BCUT2D eigenvalue weighted by molar-refractivity contribution is 5.75. The Hall–Kier alpha value is -1.59. The first-order chi connectivity index (χ1) is 6.99. The van der Waals surface area contributed by atoms with Gasteiger partial charge in [0.05, 0.1) is 12.5 Å². The van der Waals surface area contributed by atoms with Crippen LogP contribution in [-0.4, -0.2) is 36.2 Å². The third kappa shape index (κ3) is 5.66. The van der Waals surface area contributed by atoms with Crippen molar-refractivity contribution in [2.75, 3.05) is 6.61 Å². The van der Waals surface area contributed by atoms with Crippen LogP contribution >= 0.6 is 0 Å². The van der Waals surface area contributed by atoms with Crippen molar-refractivity contribution in [3.63, 3.8) is 0 Å². The lowest BCUT2D eigenvalue weighted by atomic mass is 10.1. The molecule has 0 aromatic carbocycles. The van der Waals surface area contributed by atoms with Crippen molar-refractivity contribution in [3.8, 4) is 0 Å². The van der Waals surface area contributed by atoms with Gasteiger partial charge in [0.2, 0.25) is 0 Å². The quantitative estimate of drug-likeness (QED) is 0.609. The summed E-state index contributed by atoms with van der Waals surface area (Å²) < 4.78 is 8.88. The summed E-state index contributed by atoms with van der Waals surface area (Å²) in [6.45, 7) is 3.96. The molecule has 0 saturated heterocycles. The second kappa shape index (κ2) is 6.80. The summed E-state index contributed by atoms with van der Waals surface area (Å²) >= 11 is 0. The maximum absolute atomic E-state index is 11.0. The highest BCUT2D eigenvalue weighted by Gasteiger charge is 2.17. The Morgan fingerprint density at radius 2 is 2.00 bits per heavy atom. The molecule has 0 amide bonds. The number of esters is 1. The van der Waals surface area contributed by atoms with Gasteiger partial charge in [0, 0.05) is 0 Å². The van der Waals surface area contributed by atoms with E-state index in [2.05, 4.69) is 9.47 Å². The van der Waals surface area contributed by atoms with Gasteiger partial charge in [0.1, 0.15) is 0 Å². The second-order valence-electron chi connectivity index (χ2n) is 3.04. The molecule has 6 heteroatoms. The molecule has 0 aromatic heterocycles. The molecule has 2 atom stereocenters. The van der Waals surface area contributed by atoms with Gasteiger partial charge >= 0.3 is 18.4 Å². The molecule has 0 spiro atoms. The van der Waals surface area contributed by atoms with Crippen molar-refractivity contribution in [2.45, 2.75) is 26.4 Å². The molecule has 85 valence electrons. The van der Waals surface area contributed by atoms with Gasteiger partial charge in [-0.05, 0) is 13.3 Å². The van der Waals surface area contributed by atoms with Crippen LogP contribution in [0.15, 0.2) is 0 Å². The van der Waals surface area contributed by atoms with Gasteiger partial charge in [0.15, 0.2) is 6.10 Å². The number of hydrogen-bond donors (Lipinski definition) is 1. The lowest BCUT2D eigenvalue weighted by Gasteiger charge is -2.10. The molecule has 0 fully saturated rings. The molecule has 0 saturated carbocycles. The van der Waals surface area contributed by atoms with E-state index in [1.54, 1.807) is 0 Å². The highest BCUT2D eigenvalue weighted by atomic mass is 16.6. The third-order valence-corrected chi connectivity index (χ3v) is 1.77. The number of hydrogen-bond acceptors (Lipinski definition) is 5. The number of carbonyl (C=O) groups is 2. The molecule has 0 aromatic rings. The maximum Gasteiger partial charge on any atom is 0.418 e. The van der Waals surface area contributed by atoms with Crippen molar-refractivity contribution in [1.82, 2.24) is 0 Å². The van der Waals surface area contributed by atoms with Crippen LogP contribution in [0, 0.1) is 5.92 Å². The minimum absolute atomic E-state index is 0.0150. The molecule has 6 nitrogen and oxygen atoms in total. The smallest absolute Gasteiger partial charge is 0.418 e. The Kier molecular flexibility index (Phi) is 6.08. The topological polar surface area (TPSA) is 89.9 Å². The number of aliphatic carboxylic acids is 1. The Morgan fingerprint density at radius 3 is 2.47 bits per heavy atom. The SMILES string of the molecule is CC(CCOC(=O)C(C)O[C]=O)C(=O)O. The summed E-state index contributed by atoms with van der Waals surface area (Å²) in [4.78, 5) is 31.2. The second-order valence-corrected chi connectivity index (χ2v) is 3.04. The van der Waals surface area contributed by atoms with Gasteiger partial charge in [-0.1, -0.05) is 6.92 Å². The fourth-order valence-electron chi connectivity index (χ4n) is 0.697. The predicted molar refractivity (Wildman–Crippen MR) is 48.6 cm³/mol. The van der Waals surface area contributed by atoms with Crippen molar-refractivity contribution < 1.29 is 29.0 Å².